The number of nitrogens with two attached hydrogens (primary N) is 1. The third kappa shape index (κ3) is 4.70. The molecular weight excluding hydrogens is 283 g/mol. The zero-order chi connectivity index (χ0) is 16.2. The van der Waals surface area contributed by atoms with Crippen LogP contribution in [0.5, 0.6) is 5.75 Å². The predicted molar refractivity (Wildman–Crippen MR) is 84.1 cm³/mol. The van der Waals surface area contributed by atoms with Crippen LogP contribution in [0.4, 0.5) is 4.39 Å². The van der Waals surface area contributed by atoms with Gasteiger partial charge in [-0.25, -0.2) is 4.39 Å². The number of halogens is 1. The van der Waals surface area contributed by atoms with Gasteiger partial charge in [0.2, 0.25) is 5.91 Å². The molecule has 1 aliphatic rings. The largest absolute Gasteiger partial charge is 0.490 e. The summed E-state index contributed by atoms with van der Waals surface area (Å²) in [6.45, 7) is 4.40. The molecule has 0 saturated heterocycles. The standard InChI is InChI=1S/C17H25FN2O2/c1-17(2,16(19)21)20-11-12-3-7-14(8-4-12)22-15-9-5-13(18)6-10-15/h5-6,9-10,12,14,20H,3-4,7-8,11H2,1-2H3,(H2,19,21). The highest BCUT2D eigenvalue weighted by atomic mass is 19.1. The number of carbonyl (C=O) groups excluding carboxylic acids is 1. The minimum Gasteiger partial charge on any atom is -0.490 e. The number of hydrogen-bond acceptors (Lipinski definition) is 3. The van der Waals surface area contributed by atoms with Gasteiger partial charge < -0.3 is 15.8 Å². The van der Waals surface area contributed by atoms with Gasteiger partial charge >= 0.3 is 0 Å². The van der Waals surface area contributed by atoms with Crippen molar-refractivity contribution >= 4 is 5.91 Å². The van der Waals surface area contributed by atoms with Crippen molar-refractivity contribution in [3.8, 4) is 5.75 Å². The van der Waals surface area contributed by atoms with Crippen LogP contribution in [0.15, 0.2) is 24.3 Å². The highest BCUT2D eigenvalue weighted by Crippen LogP contribution is 2.27. The first-order valence-electron chi connectivity index (χ1n) is 7.84. The van der Waals surface area contributed by atoms with Crippen LogP contribution in [0.2, 0.25) is 0 Å². The third-order valence-corrected chi connectivity index (χ3v) is 4.36. The van der Waals surface area contributed by atoms with E-state index in [1.165, 1.54) is 12.1 Å². The maximum atomic E-state index is 12.9. The van der Waals surface area contributed by atoms with E-state index in [1.54, 1.807) is 26.0 Å². The van der Waals surface area contributed by atoms with E-state index in [9.17, 15) is 9.18 Å². The van der Waals surface area contributed by atoms with E-state index in [4.69, 9.17) is 10.5 Å². The summed E-state index contributed by atoms with van der Waals surface area (Å²) in [5, 5.41) is 3.24. The minimum absolute atomic E-state index is 0.186. The molecule has 4 nitrogen and oxygen atoms in total. The van der Waals surface area contributed by atoms with Crippen molar-refractivity contribution < 1.29 is 13.9 Å². The molecule has 1 amide bonds. The molecule has 0 atom stereocenters. The molecular formula is C17H25FN2O2. The van der Waals surface area contributed by atoms with Gasteiger partial charge in [-0.05, 0) is 76.3 Å². The van der Waals surface area contributed by atoms with Crippen LogP contribution >= 0.6 is 0 Å². The second kappa shape index (κ2) is 7.09. The van der Waals surface area contributed by atoms with Crippen molar-refractivity contribution in [3.05, 3.63) is 30.1 Å². The molecule has 0 aliphatic heterocycles. The SMILES string of the molecule is CC(C)(NCC1CCC(Oc2ccc(F)cc2)CC1)C(N)=O. The molecule has 0 bridgehead atoms. The predicted octanol–water partition coefficient (Wildman–Crippen LogP) is 2.62. The number of rotatable bonds is 6. The van der Waals surface area contributed by atoms with Gasteiger partial charge in [0.15, 0.2) is 0 Å². The summed E-state index contributed by atoms with van der Waals surface area (Å²) < 4.78 is 18.7. The molecule has 5 heteroatoms. The Balaban J connectivity index is 1.74. The van der Waals surface area contributed by atoms with Gasteiger partial charge in [-0.2, -0.15) is 0 Å². The summed E-state index contributed by atoms with van der Waals surface area (Å²) in [7, 11) is 0. The molecule has 0 unspecified atom stereocenters. The van der Waals surface area contributed by atoms with Gasteiger partial charge in [-0.3, -0.25) is 4.79 Å². The summed E-state index contributed by atoms with van der Waals surface area (Å²) >= 11 is 0. The average Bonchev–Trinajstić information content (AvgIpc) is 2.49. The zero-order valence-electron chi connectivity index (χ0n) is 13.3. The molecule has 1 aromatic carbocycles. The van der Waals surface area contributed by atoms with Gasteiger partial charge in [-0.1, -0.05) is 0 Å². The Morgan fingerprint density at radius 1 is 1.27 bits per heavy atom. The van der Waals surface area contributed by atoms with Crippen LogP contribution in [0, 0.1) is 11.7 Å². The summed E-state index contributed by atoms with van der Waals surface area (Å²) in [5.41, 5.74) is 4.69. The Hall–Kier alpha value is -1.62. The highest BCUT2D eigenvalue weighted by Gasteiger charge is 2.27. The lowest BCUT2D eigenvalue weighted by atomic mass is 9.86. The number of carbonyl (C=O) groups is 1. The van der Waals surface area contributed by atoms with Crippen LogP contribution < -0.4 is 15.8 Å². The quantitative estimate of drug-likeness (QED) is 0.849. The number of nitrogens with one attached hydrogen (secondary N) is 1. The Morgan fingerprint density at radius 2 is 1.86 bits per heavy atom. The van der Waals surface area contributed by atoms with E-state index in [1.807, 2.05) is 0 Å². The molecule has 2 rings (SSSR count). The fourth-order valence-corrected chi connectivity index (χ4v) is 2.65. The molecule has 22 heavy (non-hydrogen) atoms. The second-order valence-electron chi connectivity index (χ2n) is 6.58. The van der Waals surface area contributed by atoms with E-state index >= 15 is 0 Å². The molecule has 1 saturated carbocycles. The number of primary amides is 1. The van der Waals surface area contributed by atoms with Crippen LogP contribution in [0.1, 0.15) is 39.5 Å². The summed E-state index contributed by atoms with van der Waals surface area (Å²) in [5.74, 6) is 0.671. The number of hydrogen-bond donors (Lipinski definition) is 2. The fourth-order valence-electron chi connectivity index (χ4n) is 2.65. The van der Waals surface area contributed by atoms with E-state index in [-0.39, 0.29) is 17.8 Å². The molecule has 1 fully saturated rings. The average molecular weight is 308 g/mol. The lowest BCUT2D eigenvalue weighted by molar-refractivity contribution is -0.123. The lowest BCUT2D eigenvalue weighted by Gasteiger charge is -2.31. The molecule has 0 aromatic heterocycles. The number of amides is 1. The van der Waals surface area contributed by atoms with Crippen molar-refractivity contribution in [2.45, 2.75) is 51.2 Å². The van der Waals surface area contributed by atoms with Crippen LogP contribution in [0.25, 0.3) is 0 Å². The monoisotopic (exact) mass is 308 g/mol. The minimum atomic E-state index is -0.665. The lowest BCUT2D eigenvalue weighted by Crippen LogP contribution is -2.52. The van der Waals surface area contributed by atoms with Crippen LogP contribution in [-0.4, -0.2) is 24.1 Å². The Morgan fingerprint density at radius 3 is 2.41 bits per heavy atom. The Kier molecular flexibility index (Phi) is 5.40. The van der Waals surface area contributed by atoms with Crippen molar-refractivity contribution in [1.29, 1.82) is 0 Å². The fraction of sp³-hybridized carbons (Fsp3) is 0.588. The van der Waals surface area contributed by atoms with Gasteiger partial charge in [0.1, 0.15) is 11.6 Å². The van der Waals surface area contributed by atoms with E-state index in [0.29, 0.717) is 5.92 Å². The normalized spacial score (nSPS) is 22.3. The Labute approximate surface area is 131 Å². The van der Waals surface area contributed by atoms with Gasteiger partial charge in [0.05, 0.1) is 11.6 Å². The summed E-state index contributed by atoms with van der Waals surface area (Å²) in [4.78, 5) is 11.3. The topological polar surface area (TPSA) is 64.3 Å². The number of benzene rings is 1. The van der Waals surface area contributed by atoms with E-state index in [2.05, 4.69) is 5.32 Å². The summed E-state index contributed by atoms with van der Waals surface area (Å²) in [6.07, 6.45) is 4.23. The second-order valence-corrected chi connectivity index (χ2v) is 6.58. The zero-order valence-corrected chi connectivity index (χ0v) is 13.3. The molecule has 122 valence electrons. The van der Waals surface area contributed by atoms with E-state index < -0.39 is 5.54 Å². The summed E-state index contributed by atoms with van der Waals surface area (Å²) in [6, 6.07) is 6.16. The molecule has 0 spiro atoms. The highest BCUT2D eigenvalue weighted by molar-refractivity contribution is 5.83. The van der Waals surface area contributed by atoms with Gasteiger partial charge in [0, 0.05) is 0 Å². The first-order valence-corrected chi connectivity index (χ1v) is 7.84. The third-order valence-electron chi connectivity index (χ3n) is 4.36. The first kappa shape index (κ1) is 16.7. The Bertz CT molecular complexity index is 494. The smallest absolute Gasteiger partial charge is 0.237 e. The van der Waals surface area contributed by atoms with Gasteiger partial charge in [-0.15, -0.1) is 0 Å². The van der Waals surface area contributed by atoms with Crippen LogP contribution in [0.3, 0.4) is 0 Å². The maximum Gasteiger partial charge on any atom is 0.237 e. The van der Waals surface area contributed by atoms with E-state index in [0.717, 1.165) is 38.0 Å². The first-order chi connectivity index (χ1) is 10.4. The molecule has 1 aromatic rings. The maximum absolute atomic E-state index is 12.9. The van der Waals surface area contributed by atoms with Gasteiger partial charge in [0.25, 0.3) is 0 Å². The van der Waals surface area contributed by atoms with Crippen molar-refractivity contribution in [2.75, 3.05) is 6.54 Å². The molecule has 3 N–H and O–H groups in total. The van der Waals surface area contributed by atoms with Crippen molar-refractivity contribution in [3.63, 3.8) is 0 Å². The molecule has 1 aliphatic carbocycles. The molecule has 0 radical (unpaired) electrons. The van der Waals surface area contributed by atoms with Crippen molar-refractivity contribution in [2.24, 2.45) is 11.7 Å². The molecule has 0 heterocycles. The van der Waals surface area contributed by atoms with Crippen LogP contribution in [-0.2, 0) is 4.79 Å². The van der Waals surface area contributed by atoms with Crippen molar-refractivity contribution in [1.82, 2.24) is 5.32 Å². The number of ether oxygens (including phenoxy) is 1.